The lowest BCUT2D eigenvalue weighted by atomic mass is 9.98. The zero-order valence-electron chi connectivity index (χ0n) is 9.98. The molecule has 1 aliphatic heterocycles. The number of nitrogens with zero attached hydrogens (tertiary/aromatic N) is 1. The summed E-state index contributed by atoms with van der Waals surface area (Å²) in [5.41, 5.74) is 3.41. The molecule has 1 aliphatic rings. The molecule has 2 aromatic rings. The van der Waals surface area contributed by atoms with Gasteiger partial charge in [-0.05, 0) is 29.3 Å². The number of likely N-dealkylation sites (N-methyl/N-ethyl adjacent to an activating group) is 1. The van der Waals surface area contributed by atoms with Crippen LogP contribution >= 0.6 is 0 Å². The highest BCUT2D eigenvalue weighted by Gasteiger charge is 2.22. The Labute approximate surface area is 105 Å². The summed E-state index contributed by atoms with van der Waals surface area (Å²) in [6, 6.07) is 12.2. The molecule has 18 heavy (non-hydrogen) atoms. The van der Waals surface area contributed by atoms with Crippen molar-refractivity contribution < 1.29 is 9.18 Å². The second kappa shape index (κ2) is 3.95. The third-order valence-electron chi connectivity index (χ3n) is 3.34. The van der Waals surface area contributed by atoms with Crippen LogP contribution in [0.2, 0.25) is 0 Å². The lowest BCUT2D eigenvalue weighted by molar-refractivity contribution is -0.117. The van der Waals surface area contributed by atoms with Gasteiger partial charge in [0.25, 0.3) is 0 Å². The Morgan fingerprint density at radius 3 is 2.72 bits per heavy atom. The second-order valence-electron chi connectivity index (χ2n) is 4.45. The number of anilines is 1. The predicted molar refractivity (Wildman–Crippen MR) is 69.0 cm³/mol. The molecule has 0 fully saturated rings. The van der Waals surface area contributed by atoms with E-state index in [4.69, 9.17) is 0 Å². The van der Waals surface area contributed by atoms with Crippen LogP contribution in [-0.4, -0.2) is 13.0 Å². The highest BCUT2D eigenvalue weighted by Crippen LogP contribution is 2.36. The van der Waals surface area contributed by atoms with Gasteiger partial charge < -0.3 is 4.90 Å². The van der Waals surface area contributed by atoms with E-state index in [1.807, 2.05) is 24.3 Å². The van der Waals surface area contributed by atoms with Crippen molar-refractivity contribution in [2.75, 3.05) is 11.9 Å². The first kappa shape index (κ1) is 11.0. The van der Waals surface area contributed by atoms with Gasteiger partial charge >= 0.3 is 0 Å². The lowest BCUT2D eigenvalue weighted by Gasteiger charge is -2.17. The van der Waals surface area contributed by atoms with E-state index in [1.165, 1.54) is 12.1 Å². The first-order valence-corrected chi connectivity index (χ1v) is 5.81. The molecule has 3 rings (SSSR count). The summed E-state index contributed by atoms with van der Waals surface area (Å²) in [5, 5.41) is 0. The Hall–Kier alpha value is -2.16. The van der Waals surface area contributed by atoms with Crippen LogP contribution in [0.15, 0.2) is 42.5 Å². The topological polar surface area (TPSA) is 20.3 Å². The Morgan fingerprint density at radius 2 is 1.89 bits per heavy atom. The minimum absolute atomic E-state index is 0.0211. The Morgan fingerprint density at radius 1 is 1.11 bits per heavy atom. The van der Waals surface area contributed by atoms with Gasteiger partial charge in [-0.2, -0.15) is 0 Å². The van der Waals surface area contributed by atoms with E-state index >= 15 is 0 Å². The molecule has 1 heterocycles. The minimum Gasteiger partial charge on any atom is -0.315 e. The first-order valence-electron chi connectivity index (χ1n) is 5.81. The maximum atomic E-state index is 13.4. The third kappa shape index (κ3) is 1.59. The van der Waals surface area contributed by atoms with E-state index in [2.05, 4.69) is 0 Å². The van der Waals surface area contributed by atoms with Crippen LogP contribution in [0.25, 0.3) is 11.1 Å². The molecule has 0 saturated carbocycles. The van der Waals surface area contributed by atoms with Crippen molar-refractivity contribution in [3.05, 3.63) is 53.8 Å². The van der Waals surface area contributed by atoms with Crippen LogP contribution in [0.5, 0.6) is 0 Å². The van der Waals surface area contributed by atoms with Gasteiger partial charge in [-0.1, -0.05) is 24.3 Å². The van der Waals surface area contributed by atoms with Gasteiger partial charge in [0.2, 0.25) is 5.91 Å². The number of benzene rings is 2. The van der Waals surface area contributed by atoms with Crippen LogP contribution in [0.3, 0.4) is 0 Å². The monoisotopic (exact) mass is 241 g/mol. The highest BCUT2D eigenvalue weighted by molar-refractivity contribution is 6.02. The molecule has 0 aliphatic carbocycles. The summed E-state index contributed by atoms with van der Waals surface area (Å²) < 4.78 is 13.4. The molecule has 1 amide bonds. The van der Waals surface area contributed by atoms with Gasteiger partial charge in [-0.15, -0.1) is 0 Å². The van der Waals surface area contributed by atoms with Crippen molar-refractivity contribution in [2.45, 2.75) is 6.42 Å². The minimum atomic E-state index is -0.277. The van der Waals surface area contributed by atoms with E-state index in [1.54, 1.807) is 18.0 Å². The van der Waals surface area contributed by atoms with Crippen molar-refractivity contribution in [1.29, 1.82) is 0 Å². The molecule has 2 nitrogen and oxygen atoms in total. The molecule has 0 bridgehead atoms. The van der Waals surface area contributed by atoms with E-state index in [-0.39, 0.29) is 11.7 Å². The summed E-state index contributed by atoms with van der Waals surface area (Å²) >= 11 is 0. The zero-order valence-corrected chi connectivity index (χ0v) is 9.98. The fourth-order valence-corrected chi connectivity index (χ4v) is 2.36. The molecule has 0 saturated heterocycles. The fourth-order valence-electron chi connectivity index (χ4n) is 2.36. The second-order valence-corrected chi connectivity index (χ2v) is 4.45. The van der Waals surface area contributed by atoms with Gasteiger partial charge in [0.1, 0.15) is 5.82 Å². The summed E-state index contributed by atoms with van der Waals surface area (Å²) in [4.78, 5) is 13.7. The van der Waals surface area contributed by atoms with Crippen LogP contribution < -0.4 is 4.90 Å². The molecular weight excluding hydrogens is 229 g/mol. The lowest BCUT2D eigenvalue weighted by Crippen LogP contribution is -2.26. The summed E-state index contributed by atoms with van der Waals surface area (Å²) in [7, 11) is 1.75. The molecular formula is C15H12FNO. The van der Waals surface area contributed by atoms with Crippen LogP contribution in [0.4, 0.5) is 10.1 Å². The molecule has 0 spiro atoms. The van der Waals surface area contributed by atoms with Gasteiger partial charge in [0.15, 0.2) is 0 Å². The predicted octanol–water partition coefficient (Wildman–Crippen LogP) is 3.01. The molecule has 0 aromatic heterocycles. The summed E-state index contributed by atoms with van der Waals surface area (Å²) in [6.45, 7) is 0. The van der Waals surface area contributed by atoms with Crippen LogP contribution in [0.1, 0.15) is 5.56 Å². The summed E-state index contributed by atoms with van der Waals surface area (Å²) in [5.74, 6) is -0.256. The van der Waals surface area contributed by atoms with E-state index in [0.29, 0.717) is 6.42 Å². The Bertz CT molecular complexity index is 636. The Balaban J connectivity index is 2.33. The number of fused-ring (bicyclic) bond motifs is 3. The normalized spacial score (nSPS) is 13.9. The number of hydrogen-bond donors (Lipinski definition) is 0. The van der Waals surface area contributed by atoms with E-state index < -0.39 is 0 Å². The van der Waals surface area contributed by atoms with Crippen molar-refractivity contribution >= 4 is 11.6 Å². The molecule has 0 radical (unpaired) electrons. The quantitative estimate of drug-likeness (QED) is 0.694. The van der Waals surface area contributed by atoms with Gasteiger partial charge in [0.05, 0.1) is 12.1 Å². The van der Waals surface area contributed by atoms with Crippen molar-refractivity contribution in [2.24, 2.45) is 0 Å². The molecule has 0 atom stereocenters. The number of carbonyl (C=O) groups is 1. The number of carbonyl (C=O) groups excluding carboxylic acids is 1. The number of hydrogen-bond acceptors (Lipinski definition) is 1. The molecule has 0 unspecified atom stereocenters. The van der Waals surface area contributed by atoms with E-state index in [0.717, 1.165) is 22.4 Å². The standard InChI is InChI=1S/C15H12FNO/c1-17-14-5-3-2-4-12(14)13-9-11(16)7-6-10(13)8-15(17)18/h2-7,9H,8H2,1H3. The molecule has 2 aromatic carbocycles. The number of halogens is 1. The maximum Gasteiger partial charge on any atom is 0.231 e. The van der Waals surface area contributed by atoms with Crippen molar-refractivity contribution in [1.82, 2.24) is 0 Å². The molecule has 3 heteroatoms. The van der Waals surface area contributed by atoms with Crippen LogP contribution in [-0.2, 0) is 11.2 Å². The van der Waals surface area contributed by atoms with Gasteiger partial charge in [-0.3, -0.25) is 4.79 Å². The Kier molecular flexibility index (Phi) is 2.40. The fraction of sp³-hybridized carbons (Fsp3) is 0.133. The average Bonchev–Trinajstić information content (AvgIpc) is 2.48. The smallest absolute Gasteiger partial charge is 0.231 e. The van der Waals surface area contributed by atoms with Gasteiger partial charge in [-0.25, -0.2) is 4.39 Å². The third-order valence-corrected chi connectivity index (χ3v) is 3.34. The number of para-hydroxylation sites is 1. The first-order chi connectivity index (χ1) is 8.66. The van der Waals surface area contributed by atoms with Crippen molar-refractivity contribution in [3.63, 3.8) is 0 Å². The SMILES string of the molecule is CN1C(=O)Cc2ccc(F)cc2-c2ccccc21. The molecule has 0 N–H and O–H groups in total. The largest absolute Gasteiger partial charge is 0.315 e. The molecule has 90 valence electrons. The number of rotatable bonds is 0. The highest BCUT2D eigenvalue weighted by atomic mass is 19.1. The maximum absolute atomic E-state index is 13.4. The van der Waals surface area contributed by atoms with Crippen LogP contribution in [0, 0.1) is 5.82 Å². The average molecular weight is 241 g/mol. The van der Waals surface area contributed by atoms with Gasteiger partial charge in [0, 0.05) is 12.6 Å². The van der Waals surface area contributed by atoms with E-state index in [9.17, 15) is 9.18 Å². The van der Waals surface area contributed by atoms with Crippen molar-refractivity contribution in [3.8, 4) is 11.1 Å². The zero-order chi connectivity index (χ0) is 12.7. The number of amides is 1. The summed E-state index contributed by atoms with van der Waals surface area (Å²) in [6.07, 6.45) is 0.306.